The highest BCUT2D eigenvalue weighted by molar-refractivity contribution is 6.30. The number of halogens is 2. The van der Waals surface area contributed by atoms with Gasteiger partial charge >= 0.3 is 11.8 Å². The number of aromatic nitrogens is 2. The van der Waals surface area contributed by atoms with E-state index >= 15 is 0 Å². The van der Waals surface area contributed by atoms with Crippen LogP contribution in [0.5, 0.6) is 5.75 Å². The summed E-state index contributed by atoms with van der Waals surface area (Å²) in [5.74, 6) is -0.992. The summed E-state index contributed by atoms with van der Waals surface area (Å²) in [6.07, 6.45) is 2.12. The van der Waals surface area contributed by atoms with E-state index in [4.69, 9.17) is 20.9 Å². The Bertz CT molecular complexity index is 1020. The van der Waals surface area contributed by atoms with Gasteiger partial charge in [0.15, 0.2) is 12.4 Å². The van der Waals surface area contributed by atoms with Gasteiger partial charge in [-0.05, 0) is 44.2 Å². The Hall–Kier alpha value is -2.72. The molecule has 3 aliphatic carbocycles. The fourth-order valence-corrected chi connectivity index (χ4v) is 4.59. The lowest BCUT2D eigenvalue weighted by atomic mass is 9.60. The summed E-state index contributed by atoms with van der Waals surface area (Å²) in [7, 11) is 0. The number of hydrogen-bond acceptors (Lipinski definition) is 7. The first kappa shape index (κ1) is 22.5. The van der Waals surface area contributed by atoms with Crippen LogP contribution in [0.25, 0.3) is 0 Å². The Kier molecular flexibility index (Phi) is 6.09. The van der Waals surface area contributed by atoms with Crippen LogP contribution in [0.4, 0.5) is 4.39 Å². The minimum atomic E-state index is -0.851. The van der Waals surface area contributed by atoms with Crippen molar-refractivity contribution in [2.45, 2.75) is 62.6 Å². The fourth-order valence-electron chi connectivity index (χ4n) is 4.48. The van der Waals surface area contributed by atoms with Gasteiger partial charge in [-0.3, -0.25) is 9.59 Å². The van der Waals surface area contributed by atoms with E-state index in [1.54, 1.807) is 0 Å². The van der Waals surface area contributed by atoms with E-state index in [9.17, 15) is 19.1 Å². The third kappa shape index (κ3) is 4.42. The van der Waals surface area contributed by atoms with Crippen molar-refractivity contribution in [2.24, 2.45) is 0 Å². The molecule has 3 aliphatic rings. The summed E-state index contributed by atoms with van der Waals surface area (Å²) in [6, 6.07) is 3.92. The van der Waals surface area contributed by atoms with Crippen molar-refractivity contribution < 1.29 is 28.3 Å². The molecule has 0 saturated heterocycles. The molecule has 3 N–H and O–H groups in total. The molecule has 1 aromatic heterocycles. The number of ether oxygens (including phenoxy) is 1. The van der Waals surface area contributed by atoms with Gasteiger partial charge in [0.1, 0.15) is 11.6 Å². The molecule has 172 valence electrons. The molecule has 3 fully saturated rings. The number of carbonyl (C=O) groups excluding carboxylic acids is 2. The minimum absolute atomic E-state index is 0.0336. The Balaban J connectivity index is 1.34. The van der Waals surface area contributed by atoms with Gasteiger partial charge in [-0.15, -0.1) is 0 Å². The molecule has 32 heavy (non-hydrogen) atoms. The molecule has 11 heteroatoms. The van der Waals surface area contributed by atoms with Crippen molar-refractivity contribution in [1.82, 2.24) is 20.8 Å². The SMILES string of the molecule is CCc1noc(C(=O)NC23CCC(NC(=O)COc4ccc(Cl)c(F)c4)(CC2)C(O)C3)n1. The average molecular weight is 467 g/mol. The van der Waals surface area contributed by atoms with Crippen LogP contribution in [-0.2, 0) is 11.2 Å². The molecule has 1 atom stereocenters. The molecule has 0 aliphatic heterocycles. The largest absolute Gasteiger partial charge is 0.484 e. The summed E-state index contributed by atoms with van der Waals surface area (Å²) >= 11 is 5.64. The Morgan fingerprint density at radius 3 is 2.69 bits per heavy atom. The van der Waals surface area contributed by atoms with Crippen LogP contribution in [-0.4, -0.2) is 50.9 Å². The standard InChI is InChI=1S/C21H24ClFN4O5/c1-2-16-24-19(32-27-16)18(30)26-20-5-7-21(8-6-20,15(28)10-20)25-17(29)11-31-12-3-4-13(22)14(23)9-12/h3-4,9,15,28H,2,5-8,10-11H2,1H3,(H,25,29)(H,26,30). The lowest BCUT2D eigenvalue weighted by Crippen LogP contribution is -2.70. The van der Waals surface area contributed by atoms with Gasteiger partial charge in [0.05, 0.1) is 16.7 Å². The van der Waals surface area contributed by atoms with Crippen LogP contribution in [0.1, 0.15) is 55.5 Å². The Morgan fingerprint density at radius 1 is 1.31 bits per heavy atom. The molecule has 1 heterocycles. The first-order chi connectivity index (χ1) is 15.2. The highest BCUT2D eigenvalue weighted by Gasteiger charge is 2.55. The van der Waals surface area contributed by atoms with Gasteiger partial charge < -0.3 is 25.0 Å². The first-order valence-electron chi connectivity index (χ1n) is 10.5. The molecule has 0 spiro atoms. The van der Waals surface area contributed by atoms with Crippen LogP contribution in [0, 0.1) is 5.82 Å². The van der Waals surface area contributed by atoms with Gasteiger partial charge in [0.25, 0.3) is 5.91 Å². The highest BCUT2D eigenvalue weighted by atomic mass is 35.5. The zero-order valence-electron chi connectivity index (χ0n) is 17.5. The van der Waals surface area contributed by atoms with E-state index in [1.165, 1.54) is 12.1 Å². The average Bonchev–Trinajstić information content (AvgIpc) is 3.25. The van der Waals surface area contributed by atoms with Crippen molar-refractivity contribution >= 4 is 23.4 Å². The number of aliphatic hydroxyl groups excluding tert-OH is 1. The molecule has 2 aromatic rings. The van der Waals surface area contributed by atoms with Crippen molar-refractivity contribution in [3.05, 3.63) is 40.8 Å². The number of carbonyl (C=O) groups is 2. The fraction of sp³-hybridized carbons (Fsp3) is 0.524. The second kappa shape index (κ2) is 8.67. The quantitative estimate of drug-likeness (QED) is 0.570. The molecular formula is C21H24ClFN4O5. The van der Waals surface area contributed by atoms with Crippen molar-refractivity contribution in [2.75, 3.05) is 6.61 Å². The molecule has 2 amide bonds. The molecule has 0 radical (unpaired) electrons. The lowest BCUT2D eigenvalue weighted by molar-refractivity contribution is -0.132. The number of hydrogen-bond donors (Lipinski definition) is 3. The maximum absolute atomic E-state index is 13.5. The maximum Gasteiger partial charge on any atom is 0.315 e. The van der Waals surface area contributed by atoms with E-state index in [0.29, 0.717) is 37.9 Å². The van der Waals surface area contributed by atoms with Crippen LogP contribution in [0.2, 0.25) is 5.02 Å². The van der Waals surface area contributed by atoms with E-state index in [1.807, 2.05) is 6.92 Å². The van der Waals surface area contributed by atoms with Crippen LogP contribution >= 0.6 is 11.6 Å². The molecule has 3 saturated carbocycles. The Labute approximate surface area is 188 Å². The van der Waals surface area contributed by atoms with Crippen molar-refractivity contribution in [3.8, 4) is 5.75 Å². The zero-order chi connectivity index (χ0) is 22.9. The smallest absolute Gasteiger partial charge is 0.315 e. The van der Waals surface area contributed by atoms with Gasteiger partial charge in [-0.25, -0.2) is 4.39 Å². The molecule has 1 unspecified atom stereocenters. The van der Waals surface area contributed by atoms with Gasteiger partial charge in [0, 0.05) is 18.0 Å². The van der Waals surface area contributed by atoms with Crippen LogP contribution < -0.4 is 15.4 Å². The summed E-state index contributed by atoms with van der Waals surface area (Å²) < 4.78 is 23.9. The van der Waals surface area contributed by atoms with Gasteiger partial charge in [0.2, 0.25) is 0 Å². The van der Waals surface area contributed by atoms with E-state index in [2.05, 4.69) is 20.8 Å². The van der Waals surface area contributed by atoms with E-state index in [-0.39, 0.29) is 29.7 Å². The summed E-state index contributed by atoms with van der Waals surface area (Å²) in [5, 5.41) is 20.4. The zero-order valence-corrected chi connectivity index (χ0v) is 18.2. The van der Waals surface area contributed by atoms with Crippen molar-refractivity contribution in [3.63, 3.8) is 0 Å². The predicted octanol–water partition coefficient (Wildman–Crippen LogP) is 2.17. The second-order valence-corrected chi connectivity index (χ2v) is 8.80. The molecule has 9 nitrogen and oxygen atoms in total. The second-order valence-electron chi connectivity index (χ2n) is 8.39. The van der Waals surface area contributed by atoms with E-state index < -0.39 is 34.8 Å². The number of fused-ring (bicyclic) bond motifs is 3. The number of nitrogens with zero attached hydrogens (tertiary/aromatic N) is 2. The van der Waals surface area contributed by atoms with Crippen LogP contribution in [0.3, 0.4) is 0 Å². The molecule has 5 rings (SSSR count). The first-order valence-corrected chi connectivity index (χ1v) is 10.8. The molecular weight excluding hydrogens is 443 g/mol. The topological polar surface area (TPSA) is 127 Å². The normalized spacial score (nSPS) is 26.6. The van der Waals surface area contributed by atoms with E-state index in [0.717, 1.165) is 6.07 Å². The number of rotatable bonds is 7. The monoisotopic (exact) mass is 466 g/mol. The van der Waals surface area contributed by atoms with Gasteiger partial charge in [-0.1, -0.05) is 23.7 Å². The van der Waals surface area contributed by atoms with Crippen molar-refractivity contribution in [1.29, 1.82) is 0 Å². The van der Waals surface area contributed by atoms with Gasteiger partial charge in [-0.2, -0.15) is 4.98 Å². The number of aliphatic hydroxyl groups is 1. The summed E-state index contributed by atoms with van der Waals surface area (Å²) in [4.78, 5) is 29.1. The Morgan fingerprint density at radius 2 is 2.06 bits per heavy atom. The third-order valence-electron chi connectivity index (χ3n) is 6.33. The number of amides is 2. The predicted molar refractivity (Wildman–Crippen MR) is 111 cm³/mol. The number of aryl methyl sites for hydroxylation is 1. The highest BCUT2D eigenvalue weighted by Crippen LogP contribution is 2.47. The van der Waals surface area contributed by atoms with Crippen LogP contribution in [0.15, 0.2) is 22.7 Å². The minimum Gasteiger partial charge on any atom is -0.484 e. The molecule has 2 bridgehead atoms. The summed E-state index contributed by atoms with van der Waals surface area (Å²) in [5.41, 5.74) is -1.39. The maximum atomic E-state index is 13.5. The number of nitrogens with one attached hydrogen (secondary N) is 2. The lowest BCUT2D eigenvalue weighted by Gasteiger charge is -2.56. The third-order valence-corrected chi connectivity index (χ3v) is 6.63. The molecule has 1 aromatic carbocycles. The summed E-state index contributed by atoms with van der Waals surface area (Å²) in [6.45, 7) is 1.53. The number of benzene rings is 1.